The van der Waals surface area contributed by atoms with Crippen LogP contribution < -0.4 is 5.32 Å². The number of aryl methyl sites for hydroxylation is 2. The van der Waals surface area contributed by atoms with Gasteiger partial charge in [-0.25, -0.2) is 0 Å². The van der Waals surface area contributed by atoms with Crippen LogP contribution in [0.5, 0.6) is 0 Å². The summed E-state index contributed by atoms with van der Waals surface area (Å²) in [6, 6.07) is 8.27. The summed E-state index contributed by atoms with van der Waals surface area (Å²) in [6.07, 6.45) is 3.87. The fraction of sp³-hybridized carbons (Fsp3) is 0.600. The van der Waals surface area contributed by atoms with Crippen molar-refractivity contribution in [2.24, 2.45) is 5.41 Å². The van der Waals surface area contributed by atoms with E-state index in [4.69, 9.17) is 0 Å². The van der Waals surface area contributed by atoms with E-state index in [9.17, 15) is 0 Å². The maximum atomic E-state index is 3.83. The highest BCUT2D eigenvalue weighted by Crippen LogP contribution is 2.47. The molecule has 2 atom stereocenters. The molecule has 0 aliphatic heterocycles. The quantitative estimate of drug-likeness (QED) is 0.797. The van der Waals surface area contributed by atoms with E-state index < -0.39 is 0 Å². The van der Waals surface area contributed by atoms with Crippen LogP contribution in [0.3, 0.4) is 0 Å². The molecule has 1 fully saturated rings. The van der Waals surface area contributed by atoms with E-state index in [1.54, 1.807) is 11.1 Å². The lowest BCUT2D eigenvalue weighted by Gasteiger charge is -2.15. The molecule has 1 heteroatoms. The Morgan fingerprint density at radius 3 is 2.75 bits per heavy atom. The van der Waals surface area contributed by atoms with Crippen molar-refractivity contribution >= 4 is 0 Å². The first kappa shape index (κ1) is 10.3. The fourth-order valence-corrected chi connectivity index (χ4v) is 2.89. The summed E-state index contributed by atoms with van der Waals surface area (Å²) in [7, 11) is 0. The van der Waals surface area contributed by atoms with Gasteiger partial charge in [0.2, 0.25) is 0 Å². The molecular weight excluding hydrogens is 194 g/mol. The van der Waals surface area contributed by atoms with Crippen LogP contribution >= 0.6 is 0 Å². The summed E-state index contributed by atoms with van der Waals surface area (Å²) in [6.45, 7) is 6.91. The standard InChI is InChI=1S/C15H21N/c1-10-4-5-11-6-7-13(12(11)8-10)16-14-9-15(14,2)3/h4-5,8,13-14,16H,6-7,9H2,1-3H3. The highest BCUT2D eigenvalue weighted by Gasteiger charge is 2.46. The monoisotopic (exact) mass is 215 g/mol. The van der Waals surface area contributed by atoms with E-state index in [2.05, 4.69) is 44.3 Å². The van der Waals surface area contributed by atoms with Crippen molar-refractivity contribution in [1.82, 2.24) is 5.32 Å². The Labute approximate surface area is 98.3 Å². The lowest BCUT2D eigenvalue weighted by molar-refractivity contribution is 0.468. The minimum Gasteiger partial charge on any atom is -0.307 e. The predicted octanol–water partition coefficient (Wildman–Crippen LogP) is 3.37. The molecule has 0 heterocycles. The SMILES string of the molecule is Cc1ccc2c(c1)C(NC1CC1(C)C)CC2. The van der Waals surface area contributed by atoms with Crippen LogP contribution in [-0.2, 0) is 6.42 Å². The summed E-state index contributed by atoms with van der Waals surface area (Å²) in [5.41, 5.74) is 5.04. The van der Waals surface area contributed by atoms with E-state index >= 15 is 0 Å². The van der Waals surface area contributed by atoms with E-state index in [0.29, 0.717) is 11.5 Å². The number of nitrogens with one attached hydrogen (secondary N) is 1. The average Bonchev–Trinajstić information content (AvgIpc) is 2.65. The molecule has 0 spiro atoms. The predicted molar refractivity (Wildman–Crippen MR) is 67.6 cm³/mol. The van der Waals surface area contributed by atoms with Gasteiger partial charge in [0.25, 0.3) is 0 Å². The van der Waals surface area contributed by atoms with Gasteiger partial charge in [-0.05, 0) is 42.7 Å². The zero-order valence-electron chi connectivity index (χ0n) is 10.5. The Kier molecular flexibility index (Phi) is 2.16. The maximum absolute atomic E-state index is 3.83. The molecule has 16 heavy (non-hydrogen) atoms. The number of hydrogen-bond donors (Lipinski definition) is 1. The van der Waals surface area contributed by atoms with Gasteiger partial charge in [-0.15, -0.1) is 0 Å². The molecule has 1 aromatic carbocycles. The van der Waals surface area contributed by atoms with Gasteiger partial charge in [0.05, 0.1) is 0 Å². The molecule has 86 valence electrons. The number of fused-ring (bicyclic) bond motifs is 1. The third-order valence-electron chi connectivity index (χ3n) is 4.29. The second kappa shape index (κ2) is 3.33. The molecule has 2 aliphatic rings. The molecule has 0 aromatic heterocycles. The highest BCUT2D eigenvalue weighted by atomic mass is 15.0. The molecule has 1 aromatic rings. The summed E-state index contributed by atoms with van der Waals surface area (Å²) >= 11 is 0. The number of rotatable bonds is 2. The molecule has 1 saturated carbocycles. The second-order valence-corrected chi connectivity index (χ2v) is 6.21. The summed E-state index contributed by atoms with van der Waals surface area (Å²) in [5.74, 6) is 0. The molecular formula is C15H21N. The maximum Gasteiger partial charge on any atom is 0.0328 e. The van der Waals surface area contributed by atoms with Gasteiger partial charge in [0.1, 0.15) is 0 Å². The summed E-state index contributed by atoms with van der Waals surface area (Å²) in [5, 5.41) is 3.83. The molecule has 0 radical (unpaired) electrons. The third-order valence-corrected chi connectivity index (χ3v) is 4.29. The molecule has 1 nitrogen and oxygen atoms in total. The van der Waals surface area contributed by atoms with Crippen molar-refractivity contribution in [1.29, 1.82) is 0 Å². The Morgan fingerprint density at radius 1 is 1.31 bits per heavy atom. The van der Waals surface area contributed by atoms with Gasteiger partial charge < -0.3 is 5.32 Å². The lowest BCUT2D eigenvalue weighted by atomic mass is 10.0. The van der Waals surface area contributed by atoms with Gasteiger partial charge in [0.15, 0.2) is 0 Å². The molecule has 3 rings (SSSR count). The molecule has 0 saturated heterocycles. The zero-order valence-corrected chi connectivity index (χ0v) is 10.5. The van der Waals surface area contributed by atoms with E-state index in [-0.39, 0.29) is 0 Å². The van der Waals surface area contributed by atoms with Gasteiger partial charge in [-0.1, -0.05) is 37.6 Å². The fourth-order valence-electron chi connectivity index (χ4n) is 2.89. The minimum absolute atomic E-state index is 0.534. The van der Waals surface area contributed by atoms with Crippen LogP contribution in [0.2, 0.25) is 0 Å². The van der Waals surface area contributed by atoms with Crippen molar-refractivity contribution in [3.63, 3.8) is 0 Å². The van der Waals surface area contributed by atoms with Crippen LogP contribution in [0.15, 0.2) is 18.2 Å². The van der Waals surface area contributed by atoms with Crippen molar-refractivity contribution < 1.29 is 0 Å². The van der Waals surface area contributed by atoms with Crippen molar-refractivity contribution in [2.75, 3.05) is 0 Å². The third kappa shape index (κ3) is 1.67. The van der Waals surface area contributed by atoms with E-state index in [1.807, 2.05) is 0 Å². The molecule has 1 N–H and O–H groups in total. The van der Waals surface area contributed by atoms with Crippen molar-refractivity contribution in [3.05, 3.63) is 34.9 Å². The topological polar surface area (TPSA) is 12.0 Å². The zero-order chi connectivity index (χ0) is 11.3. The summed E-state index contributed by atoms with van der Waals surface area (Å²) < 4.78 is 0. The minimum atomic E-state index is 0.534. The first-order valence-corrected chi connectivity index (χ1v) is 6.42. The Hall–Kier alpha value is -0.820. The van der Waals surface area contributed by atoms with Crippen LogP contribution in [0.1, 0.15) is 49.4 Å². The van der Waals surface area contributed by atoms with Crippen LogP contribution in [0, 0.1) is 12.3 Å². The Morgan fingerprint density at radius 2 is 2.06 bits per heavy atom. The van der Waals surface area contributed by atoms with Crippen LogP contribution in [0.25, 0.3) is 0 Å². The largest absolute Gasteiger partial charge is 0.307 e. The highest BCUT2D eigenvalue weighted by molar-refractivity contribution is 5.38. The first-order chi connectivity index (χ1) is 7.56. The van der Waals surface area contributed by atoms with Crippen LogP contribution in [-0.4, -0.2) is 6.04 Å². The molecule has 0 bridgehead atoms. The molecule has 2 aliphatic carbocycles. The van der Waals surface area contributed by atoms with Gasteiger partial charge in [-0.3, -0.25) is 0 Å². The van der Waals surface area contributed by atoms with Gasteiger partial charge in [0, 0.05) is 12.1 Å². The van der Waals surface area contributed by atoms with Gasteiger partial charge >= 0.3 is 0 Å². The van der Waals surface area contributed by atoms with Crippen LogP contribution in [0.4, 0.5) is 0 Å². The first-order valence-electron chi connectivity index (χ1n) is 6.42. The molecule has 0 amide bonds. The molecule has 2 unspecified atom stereocenters. The van der Waals surface area contributed by atoms with E-state index in [0.717, 1.165) is 6.04 Å². The Bertz CT molecular complexity index is 419. The van der Waals surface area contributed by atoms with E-state index in [1.165, 1.54) is 24.8 Å². The average molecular weight is 215 g/mol. The van der Waals surface area contributed by atoms with Gasteiger partial charge in [-0.2, -0.15) is 0 Å². The smallest absolute Gasteiger partial charge is 0.0328 e. The number of hydrogen-bond acceptors (Lipinski definition) is 1. The summed E-state index contributed by atoms with van der Waals surface area (Å²) in [4.78, 5) is 0. The number of benzene rings is 1. The second-order valence-electron chi connectivity index (χ2n) is 6.21. The van der Waals surface area contributed by atoms with Crippen molar-refractivity contribution in [3.8, 4) is 0 Å². The normalized spacial score (nSPS) is 30.2. The van der Waals surface area contributed by atoms with Crippen molar-refractivity contribution in [2.45, 2.75) is 52.1 Å². The lowest BCUT2D eigenvalue weighted by Crippen LogP contribution is -2.24. The Balaban J connectivity index is 1.78.